The molecule has 1 heterocycles. The average Bonchev–Trinajstić information content (AvgIpc) is 2.46. The van der Waals surface area contributed by atoms with Crippen LogP contribution in [0.15, 0.2) is 42.9 Å². The Kier molecular flexibility index (Phi) is 4.63. The second-order valence-corrected chi connectivity index (χ2v) is 5.12. The summed E-state index contributed by atoms with van der Waals surface area (Å²) in [5, 5.41) is 3.47. The summed E-state index contributed by atoms with van der Waals surface area (Å²) in [5.74, 6) is 0.582. The number of hydrogen-bond acceptors (Lipinski definition) is 3. The van der Waals surface area contributed by atoms with Crippen LogP contribution in [0.2, 0.25) is 0 Å². The van der Waals surface area contributed by atoms with Crippen LogP contribution in [0.5, 0.6) is 0 Å². The normalized spacial score (nSPS) is 12.6. The number of aromatic nitrogens is 2. The molecule has 3 nitrogen and oxygen atoms in total. The Balaban J connectivity index is 1.94. The lowest BCUT2D eigenvalue weighted by molar-refractivity contribution is 0.567. The van der Waals surface area contributed by atoms with Gasteiger partial charge in [-0.05, 0) is 30.0 Å². The van der Waals surface area contributed by atoms with Crippen molar-refractivity contribution in [1.82, 2.24) is 15.3 Å². The van der Waals surface area contributed by atoms with Gasteiger partial charge in [0, 0.05) is 18.8 Å². The van der Waals surface area contributed by atoms with Crippen molar-refractivity contribution in [3.05, 3.63) is 59.7 Å². The van der Waals surface area contributed by atoms with Gasteiger partial charge >= 0.3 is 0 Å². The lowest BCUT2D eigenvalue weighted by atomic mass is 9.99. The van der Waals surface area contributed by atoms with Crippen LogP contribution in [0.25, 0.3) is 0 Å². The highest BCUT2D eigenvalue weighted by Gasteiger charge is 2.06. The predicted molar refractivity (Wildman–Crippen MR) is 77.8 cm³/mol. The van der Waals surface area contributed by atoms with E-state index in [1.807, 2.05) is 6.07 Å². The highest BCUT2D eigenvalue weighted by atomic mass is 14.9. The van der Waals surface area contributed by atoms with Crippen LogP contribution < -0.4 is 5.32 Å². The van der Waals surface area contributed by atoms with Gasteiger partial charge in [0.05, 0.1) is 5.69 Å². The van der Waals surface area contributed by atoms with E-state index in [2.05, 4.69) is 60.3 Å². The molecule has 0 saturated heterocycles. The van der Waals surface area contributed by atoms with Gasteiger partial charge < -0.3 is 5.32 Å². The lowest BCUT2D eigenvalue weighted by Crippen LogP contribution is -2.18. The first-order valence-electron chi connectivity index (χ1n) is 6.75. The summed E-state index contributed by atoms with van der Waals surface area (Å²) >= 11 is 0. The van der Waals surface area contributed by atoms with Crippen molar-refractivity contribution in [2.24, 2.45) is 0 Å². The van der Waals surface area contributed by atoms with Gasteiger partial charge in [0.25, 0.3) is 0 Å². The average molecular weight is 255 g/mol. The van der Waals surface area contributed by atoms with E-state index in [9.17, 15) is 0 Å². The van der Waals surface area contributed by atoms with Crippen molar-refractivity contribution in [2.45, 2.75) is 39.3 Å². The summed E-state index contributed by atoms with van der Waals surface area (Å²) in [5.41, 5.74) is 3.70. The first-order valence-corrected chi connectivity index (χ1v) is 6.75. The van der Waals surface area contributed by atoms with E-state index in [1.165, 1.54) is 11.1 Å². The fourth-order valence-electron chi connectivity index (χ4n) is 1.97. The molecule has 100 valence electrons. The van der Waals surface area contributed by atoms with E-state index >= 15 is 0 Å². The molecule has 1 aromatic heterocycles. The summed E-state index contributed by atoms with van der Waals surface area (Å²) in [7, 11) is 0. The van der Waals surface area contributed by atoms with Gasteiger partial charge in [0.2, 0.25) is 0 Å². The molecule has 0 spiro atoms. The van der Waals surface area contributed by atoms with Crippen LogP contribution in [-0.2, 0) is 6.54 Å². The maximum Gasteiger partial charge on any atom is 0.115 e. The molecular weight excluding hydrogens is 234 g/mol. The fourth-order valence-corrected chi connectivity index (χ4v) is 1.97. The number of nitrogens with one attached hydrogen (secondary N) is 1. The van der Waals surface area contributed by atoms with E-state index in [4.69, 9.17) is 0 Å². The van der Waals surface area contributed by atoms with Gasteiger partial charge in [-0.2, -0.15) is 0 Å². The second-order valence-electron chi connectivity index (χ2n) is 5.12. The third-order valence-electron chi connectivity index (χ3n) is 3.34. The number of nitrogens with zero attached hydrogens (tertiary/aromatic N) is 2. The Labute approximate surface area is 115 Å². The Morgan fingerprint density at radius 2 is 1.68 bits per heavy atom. The smallest absolute Gasteiger partial charge is 0.115 e. The van der Waals surface area contributed by atoms with E-state index in [0.29, 0.717) is 12.0 Å². The fraction of sp³-hybridized carbons (Fsp3) is 0.375. The highest BCUT2D eigenvalue weighted by molar-refractivity contribution is 5.26. The third-order valence-corrected chi connectivity index (χ3v) is 3.34. The summed E-state index contributed by atoms with van der Waals surface area (Å²) in [4.78, 5) is 8.13. The molecule has 0 amide bonds. The van der Waals surface area contributed by atoms with Crippen LogP contribution in [-0.4, -0.2) is 9.97 Å². The van der Waals surface area contributed by atoms with Gasteiger partial charge in [0.1, 0.15) is 6.33 Å². The number of hydrogen-bond donors (Lipinski definition) is 1. The second kappa shape index (κ2) is 6.43. The molecule has 0 radical (unpaired) electrons. The van der Waals surface area contributed by atoms with Crippen molar-refractivity contribution < 1.29 is 0 Å². The van der Waals surface area contributed by atoms with Crippen molar-refractivity contribution in [1.29, 1.82) is 0 Å². The monoisotopic (exact) mass is 255 g/mol. The van der Waals surface area contributed by atoms with E-state index in [1.54, 1.807) is 12.5 Å². The summed E-state index contributed by atoms with van der Waals surface area (Å²) < 4.78 is 0. The van der Waals surface area contributed by atoms with Crippen molar-refractivity contribution in [2.75, 3.05) is 0 Å². The van der Waals surface area contributed by atoms with Crippen molar-refractivity contribution >= 4 is 0 Å². The molecule has 0 aliphatic carbocycles. The molecule has 19 heavy (non-hydrogen) atoms. The molecule has 1 aromatic carbocycles. The van der Waals surface area contributed by atoms with Crippen LogP contribution in [0.4, 0.5) is 0 Å². The third kappa shape index (κ3) is 3.86. The summed E-state index contributed by atoms with van der Waals surface area (Å²) in [6, 6.07) is 11.1. The molecule has 1 N–H and O–H groups in total. The van der Waals surface area contributed by atoms with E-state index in [0.717, 1.165) is 12.2 Å². The molecule has 0 saturated carbocycles. The first-order chi connectivity index (χ1) is 9.16. The quantitative estimate of drug-likeness (QED) is 0.889. The van der Waals surface area contributed by atoms with Crippen LogP contribution >= 0.6 is 0 Å². The first kappa shape index (κ1) is 13.7. The van der Waals surface area contributed by atoms with Gasteiger partial charge in [-0.1, -0.05) is 38.1 Å². The predicted octanol–water partition coefficient (Wildman–Crippen LogP) is 3.45. The highest BCUT2D eigenvalue weighted by Crippen LogP contribution is 2.18. The zero-order chi connectivity index (χ0) is 13.7. The van der Waals surface area contributed by atoms with Crippen LogP contribution in [0, 0.1) is 0 Å². The molecule has 3 heteroatoms. The molecule has 1 atom stereocenters. The van der Waals surface area contributed by atoms with Gasteiger partial charge in [-0.25, -0.2) is 9.97 Å². The minimum absolute atomic E-state index is 0.316. The standard InChI is InChI=1S/C16H21N3/c1-12(2)14-4-6-15(7-5-14)13(3)18-10-16-8-9-17-11-19-16/h4-9,11-13,18H,10H2,1-3H3. The van der Waals surface area contributed by atoms with Gasteiger partial charge in [-0.3, -0.25) is 0 Å². The van der Waals surface area contributed by atoms with Crippen LogP contribution in [0.3, 0.4) is 0 Å². The van der Waals surface area contributed by atoms with E-state index < -0.39 is 0 Å². The molecule has 2 aromatic rings. The largest absolute Gasteiger partial charge is 0.305 e. The topological polar surface area (TPSA) is 37.8 Å². The molecule has 0 fully saturated rings. The molecule has 0 aliphatic rings. The Morgan fingerprint density at radius 1 is 1.00 bits per heavy atom. The molecular formula is C16H21N3. The number of rotatable bonds is 5. The van der Waals surface area contributed by atoms with Gasteiger partial charge in [0.15, 0.2) is 0 Å². The molecule has 0 aliphatic heterocycles. The molecule has 2 rings (SSSR count). The van der Waals surface area contributed by atoms with Gasteiger partial charge in [-0.15, -0.1) is 0 Å². The van der Waals surface area contributed by atoms with Crippen molar-refractivity contribution in [3.63, 3.8) is 0 Å². The zero-order valence-electron chi connectivity index (χ0n) is 11.8. The minimum atomic E-state index is 0.316. The Morgan fingerprint density at radius 3 is 2.26 bits per heavy atom. The lowest BCUT2D eigenvalue weighted by Gasteiger charge is -2.15. The Hall–Kier alpha value is -1.74. The van der Waals surface area contributed by atoms with Crippen molar-refractivity contribution in [3.8, 4) is 0 Å². The molecule has 0 bridgehead atoms. The maximum atomic E-state index is 4.21. The molecule has 1 unspecified atom stereocenters. The summed E-state index contributed by atoms with van der Waals surface area (Å²) in [6.45, 7) is 7.36. The number of benzene rings is 1. The zero-order valence-corrected chi connectivity index (χ0v) is 11.8. The summed E-state index contributed by atoms with van der Waals surface area (Å²) in [6.07, 6.45) is 3.35. The SMILES string of the molecule is CC(C)c1ccc(C(C)NCc2ccncn2)cc1. The Bertz CT molecular complexity index is 491. The van der Waals surface area contributed by atoms with Crippen LogP contribution in [0.1, 0.15) is 49.6 Å². The maximum absolute atomic E-state index is 4.21. The minimum Gasteiger partial charge on any atom is -0.305 e. The van der Waals surface area contributed by atoms with E-state index in [-0.39, 0.29) is 0 Å².